The molecule has 0 saturated carbocycles. The number of nitrogens with one attached hydrogen (secondary N) is 1. The lowest BCUT2D eigenvalue weighted by Crippen LogP contribution is -2.20. The molecule has 138 valence electrons. The summed E-state index contributed by atoms with van der Waals surface area (Å²) in [5.74, 6) is -0.201. The fraction of sp³-hybridized carbons (Fsp3) is 0.211. The predicted molar refractivity (Wildman–Crippen MR) is 87.5 cm³/mol. The lowest BCUT2D eigenvalue weighted by Gasteiger charge is -2.27. The number of cyclic esters (lactones) is 1. The molecule has 8 heteroatoms. The number of esters is 1. The first-order valence-corrected chi connectivity index (χ1v) is 8.20. The van der Waals surface area contributed by atoms with Gasteiger partial charge in [-0.25, -0.2) is 4.79 Å². The zero-order valence-electron chi connectivity index (χ0n) is 13.7. The third-order valence-corrected chi connectivity index (χ3v) is 4.87. The van der Waals surface area contributed by atoms with Crippen molar-refractivity contribution in [2.24, 2.45) is 0 Å². The van der Waals surface area contributed by atoms with E-state index in [2.05, 4.69) is 5.32 Å². The molecule has 2 aromatic rings. The number of hydrogen-bond acceptors (Lipinski definition) is 5. The standard InChI is InChI=1S/C19H12F3NO4/c20-19(21,22)10-3-1-2-9(4-10)16-11-5-14-15(27-8-26-14)6-12(11)23-13-7-25-18(24)17(13)16/h1-6,16,23H,7-8H2. The van der Waals surface area contributed by atoms with Crippen molar-refractivity contribution in [2.75, 3.05) is 18.7 Å². The SMILES string of the molecule is O=C1OCC2=C1C(c1cccc(C(F)(F)F)c1)c1cc3c(cc1N2)OCO3. The Morgan fingerprint density at radius 1 is 1.04 bits per heavy atom. The van der Waals surface area contributed by atoms with Crippen LogP contribution in [0.4, 0.5) is 18.9 Å². The minimum atomic E-state index is -4.48. The van der Waals surface area contributed by atoms with Crippen LogP contribution >= 0.6 is 0 Å². The highest BCUT2D eigenvalue weighted by atomic mass is 19.4. The van der Waals surface area contributed by atoms with Gasteiger partial charge in [-0.05, 0) is 23.3 Å². The highest BCUT2D eigenvalue weighted by Crippen LogP contribution is 2.49. The largest absolute Gasteiger partial charge is 0.456 e. The van der Waals surface area contributed by atoms with Crippen LogP contribution in [0.1, 0.15) is 22.6 Å². The number of anilines is 1. The van der Waals surface area contributed by atoms with Crippen molar-refractivity contribution < 1.29 is 32.2 Å². The number of ether oxygens (including phenoxy) is 3. The van der Waals surface area contributed by atoms with Crippen LogP contribution in [-0.4, -0.2) is 19.4 Å². The third kappa shape index (κ3) is 2.43. The van der Waals surface area contributed by atoms with Gasteiger partial charge in [0.25, 0.3) is 0 Å². The fourth-order valence-electron chi connectivity index (χ4n) is 3.68. The van der Waals surface area contributed by atoms with Gasteiger partial charge >= 0.3 is 12.1 Å². The average Bonchev–Trinajstić information content (AvgIpc) is 3.24. The van der Waals surface area contributed by atoms with Crippen LogP contribution in [-0.2, 0) is 15.7 Å². The van der Waals surface area contributed by atoms with Gasteiger partial charge in [0.2, 0.25) is 6.79 Å². The van der Waals surface area contributed by atoms with Crippen LogP contribution in [0, 0.1) is 0 Å². The van der Waals surface area contributed by atoms with E-state index in [1.807, 2.05) is 0 Å². The second kappa shape index (κ2) is 5.42. The lowest BCUT2D eigenvalue weighted by molar-refractivity contribution is -0.137. The molecule has 3 aliphatic rings. The average molecular weight is 375 g/mol. The second-order valence-corrected chi connectivity index (χ2v) is 6.44. The van der Waals surface area contributed by atoms with E-state index in [-0.39, 0.29) is 13.4 Å². The highest BCUT2D eigenvalue weighted by Gasteiger charge is 2.40. The number of fused-ring (bicyclic) bond motifs is 2. The Labute approximate surface area is 151 Å². The van der Waals surface area contributed by atoms with Gasteiger partial charge < -0.3 is 19.5 Å². The van der Waals surface area contributed by atoms with Gasteiger partial charge in [0.15, 0.2) is 11.5 Å². The molecule has 5 nitrogen and oxygen atoms in total. The Morgan fingerprint density at radius 2 is 1.81 bits per heavy atom. The Balaban J connectivity index is 1.71. The van der Waals surface area contributed by atoms with E-state index in [0.717, 1.165) is 12.1 Å². The van der Waals surface area contributed by atoms with Crippen molar-refractivity contribution in [1.29, 1.82) is 0 Å². The van der Waals surface area contributed by atoms with Crippen molar-refractivity contribution in [3.8, 4) is 11.5 Å². The van der Waals surface area contributed by atoms with Crippen LogP contribution in [0.15, 0.2) is 47.7 Å². The highest BCUT2D eigenvalue weighted by molar-refractivity contribution is 5.97. The van der Waals surface area contributed by atoms with Crippen LogP contribution in [0.5, 0.6) is 11.5 Å². The topological polar surface area (TPSA) is 56.8 Å². The summed E-state index contributed by atoms with van der Waals surface area (Å²) < 4.78 is 55.5. The van der Waals surface area contributed by atoms with Gasteiger partial charge in [0.05, 0.1) is 16.8 Å². The summed E-state index contributed by atoms with van der Waals surface area (Å²) in [6.07, 6.45) is -4.48. The van der Waals surface area contributed by atoms with E-state index >= 15 is 0 Å². The molecule has 0 bridgehead atoms. The summed E-state index contributed by atoms with van der Waals surface area (Å²) in [7, 11) is 0. The quantitative estimate of drug-likeness (QED) is 0.769. The molecule has 0 saturated heterocycles. The minimum Gasteiger partial charge on any atom is -0.456 e. The molecular formula is C19H12F3NO4. The molecule has 0 aromatic heterocycles. The van der Waals surface area contributed by atoms with Crippen molar-refractivity contribution in [1.82, 2.24) is 0 Å². The van der Waals surface area contributed by atoms with Crippen LogP contribution < -0.4 is 14.8 Å². The Hall–Kier alpha value is -3.16. The molecule has 5 rings (SSSR count). The summed E-state index contributed by atoms with van der Waals surface area (Å²) in [6.45, 7) is 0.124. The molecule has 27 heavy (non-hydrogen) atoms. The summed E-state index contributed by atoms with van der Waals surface area (Å²) in [4.78, 5) is 12.3. The number of benzene rings is 2. The van der Waals surface area contributed by atoms with E-state index in [9.17, 15) is 18.0 Å². The Morgan fingerprint density at radius 3 is 2.59 bits per heavy atom. The van der Waals surface area contributed by atoms with Gasteiger partial charge in [-0.2, -0.15) is 13.2 Å². The summed E-state index contributed by atoms with van der Waals surface area (Å²) in [6, 6.07) is 8.42. The smallest absolute Gasteiger partial charge is 0.416 e. The molecule has 3 heterocycles. The molecule has 0 amide bonds. The van der Waals surface area contributed by atoms with Crippen LogP contribution in [0.2, 0.25) is 0 Å². The molecule has 0 fully saturated rings. The molecule has 0 spiro atoms. The van der Waals surface area contributed by atoms with Gasteiger partial charge in [0.1, 0.15) is 6.61 Å². The van der Waals surface area contributed by atoms with Gasteiger partial charge in [-0.1, -0.05) is 18.2 Å². The number of carbonyl (C=O) groups excluding carboxylic acids is 1. The Bertz CT molecular complexity index is 1010. The molecule has 0 aliphatic carbocycles. The summed E-state index contributed by atoms with van der Waals surface area (Å²) >= 11 is 0. The number of hydrogen-bond donors (Lipinski definition) is 1. The summed E-state index contributed by atoms with van der Waals surface area (Å²) in [5.41, 5.74) is 1.75. The van der Waals surface area contributed by atoms with Crippen molar-refractivity contribution >= 4 is 11.7 Å². The minimum absolute atomic E-state index is 0.0531. The Kier molecular flexibility index (Phi) is 3.22. The molecule has 1 unspecified atom stereocenters. The molecule has 1 N–H and O–H groups in total. The number of alkyl halides is 3. The first-order chi connectivity index (χ1) is 12.9. The zero-order chi connectivity index (χ0) is 18.8. The van der Waals surface area contributed by atoms with E-state index < -0.39 is 23.6 Å². The van der Waals surface area contributed by atoms with Crippen LogP contribution in [0.25, 0.3) is 0 Å². The first kappa shape index (κ1) is 16.0. The number of rotatable bonds is 1. The molecule has 3 aliphatic heterocycles. The van der Waals surface area contributed by atoms with Crippen LogP contribution in [0.3, 0.4) is 0 Å². The monoisotopic (exact) mass is 375 g/mol. The lowest BCUT2D eigenvalue weighted by atomic mass is 9.80. The maximum absolute atomic E-state index is 13.2. The number of carbonyl (C=O) groups is 1. The van der Waals surface area contributed by atoms with Gasteiger partial charge in [-0.15, -0.1) is 0 Å². The molecule has 1 atom stereocenters. The third-order valence-electron chi connectivity index (χ3n) is 4.87. The van der Waals surface area contributed by atoms with E-state index in [4.69, 9.17) is 14.2 Å². The number of halogens is 3. The maximum atomic E-state index is 13.2. The summed E-state index contributed by atoms with van der Waals surface area (Å²) in [5, 5.41) is 3.14. The second-order valence-electron chi connectivity index (χ2n) is 6.44. The predicted octanol–water partition coefficient (Wildman–Crippen LogP) is 3.80. The zero-order valence-corrected chi connectivity index (χ0v) is 13.7. The molecular weight excluding hydrogens is 363 g/mol. The van der Waals surface area contributed by atoms with E-state index in [0.29, 0.717) is 39.6 Å². The van der Waals surface area contributed by atoms with E-state index in [1.165, 1.54) is 6.07 Å². The van der Waals surface area contributed by atoms with Crippen molar-refractivity contribution in [2.45, 2.75) is 12.1 Å². The first-order valence-electron chi connectivity index (χ1n) is 8.20. The maximum Gasteiger partial charge on any atom is 0.416 e. The molecule has 2 aromatic carbocycles. The van der Waals surface area contributed by atoms with Crippen molar-refractivity contribution in [3.63, 3.8) is 0 Å². The van der Waals surface area contributed by atoms with Gasteiger partial charge in [-0.3, -0.25) is 0 Å². The fourth-order valence-corrected chi connectivity index (χ4v) is 3.68. The van der Waals surface area contributed by atoms with E-state index in [1.54, 1.807) is 18.2 Å². The molecule has 0 radical (unpaired) electrons. The van der Waals surface area contributed by atoms with Crippen molar-refractivity contribution in [3.05, 3.63) is 64.4 Å². The van der Waals surface area contributed by atoms with Gasteiger partial charge in [0, 0.05) is 17.7 Å². The normalized spacial score (nSPS) is 20.1.